The van der Waals surface area contributed by atoms with Gasteiger partial charge in [-0.2, -0.15) is 11.8 Å². The van der Waals surface area contributed by atoms with Gasteiger partial charge >= 0.3 is 0 Å². The van der Waals surface area contributed by atoms with Crippen LogP contribution in [0.2, 0.25) is 0 Å². The quantitative estimate of drug-likeness (QED) is 0.634. The molecule has 0 radical (unpaired) electrons. The van der Waals surface area contributed by atoms with Crippen LogP contribution in [0.25, 0.3) is 0 Å². The number of benzene rings is 1. The molecule has 0 bridgehead atoms. The van der Waals surface area contributed by atoms with Gasteiger partial charge < -0.3 is 5.73 Å². The lowest BCUT2D eigenvalue weighted by Gasteiger charge is -2.09. The molecule has 1 atom stereocenters. The number of rotatable bonds is 6. The molecule has 2 nitrogen and oxygen atoms in total. The summed E-state index contributed by atoms with van der Waals surface area (Å²) < 4.78 is 0.0360. The molecule has 4 heteroatoms. The smallest absolute Gasteiger partial charge is 0.209 e. The van der Waals surface area contributed by atoms with Crippen molar-refractivity contribution in [3.63, 3.8) is 0 Å². The molecule has 0 amide bonds. The van der Waals surface area contributed by atoms with Gasteiger partial charge in [-0.15, -0.1) is 0 Å². The van der Waals surface area contributed by atoms with Crippen LogP contribution in [0.4, 0.5) is 0 Å². The molecule has 0 unspecified atom stereocenters. The minimum absolute atomic E-state index is 0.0360. The zero-order chi connectivity index (χ0) is 12.0. The second-order valence-corrected chi connectivity index (χ2v) is 5.64. The first-order chi connectivity index (χ1) is 7.65. The lowest BCUT2D eigenvalue weighted by Crippen LogP contribution is -2.28. The highest BCUT2D eigenvalue weighted by atomic mass is 127. The Hall–Kier alpha value is -0.0700. The van der Waals surface area contributed by atoms with Gasteiger partial charge in [0.15, 0.2) is 0 Å². The molecular formula is C12H16INOS. The maximum absolute atomic E-state index is 11.0. The summed E-state index contributed by atoms with van der Waals surface area (Å²) in [6, 6.07) is 8.08. The van der Waals surface area contributed by atoms with E-state index in [-0.39, 0.29) is 9.83 Å². The van der Waals surface area contributed by atoms with Crippen LogP contribution in [-0.2, 0) is 17.0 Å². The highest BCUT2D eigenvalue weighted by Gasteiger charge is 2.09. The molecule has 0 saturated carbocycles. The number of hydrogen-bond acceptors (Lipinski definition) is 3. The van der Waals surface area contributed by atoms with E-state index in [0.717, 1.165) is 12.2 Å². The maximum atomic E-state index is 11.0. The highest BCUT2D eigenvalue weighted by Crippen LogP contribution is 2.17. The van der Waals surface area contributed by atoms with Crippen LogP contribution in [0, 0.1) is 0 Å². The summed E-state index contributed by atoms with van der Waals surface area (Å²) in [5, 5.41) is 0. The number of nitrogens with two attached hydrogens (primary N) is 1. The molecule has 0 heterocycles. The summed E-state index contributed by atoms with van der Waals surface area (Å²) in [7, 11) is 0. The summed E-state index contributed by atoms with van der Waals surface area (Å²) >= 11 is 3.48. The molecule has 0 saturated heterocycles. The summed E-state index contributed by atoms with van der Waals surface area (Å²) in [5.41, 5.74) is 8.40. The summed E-state index contributed by atoms with van der Waals surface area (Å²) in [6.07, 6.45) is 1.05. The third kappa shape index (κ3) is 4.43. The predicted octanol–water partition coefficient (Wildman–Crippen LogP) is 2.77. The van der Waals surface area contributed by atoms with E-state index >= 15 is 0 Å². The minimum Gasteiger partial charge on any atom is -0.320 e. The third-order valence-corrected chi connectivity index (χ3v) is 4.26. The predicted molar refractivity (Wildman–Crippen MR) is 79.0 cm³/mol. The van der Waals surface area contributed by atoms with E-state index in [1.165, 1.54) is 11.1 Å². The van der Waals surface area contributed by atoms with Crippen molar-refractivity contribution in [3.05, 3.63) is 35.4 Å². The van der Waals surface area contributed by atoms with Crippen LogP contribution < -0.4 is 5.73 Å². The van der Waals surface area contributed by atoms with Crippen LogP contribution in [0.5, 0.6) is 0 Å². The van der Waals surface area contributed by atoms with Gasteiger partial charge in [-0.3, -0.25) is 4.79 Å². The van der Waals surface area contributed by atoms with Crippen molar-refractivity contribution in [2.75, 3.05) is 5.75 Å². The second-order valence-electron chi connectivity index (χ2n) is 3.55. The van der Waals surface area contributed by atoms with E-state index in [1.54, 1.807) is 34.4 Å². The topological polar surface area (TPSA) is 43.1 Å². The van der Waals surface area contributed by atoms with Crippen molar-refractivity contribution in [2.24, 2.45) is 5.73 Å². The normalized spacial score (nSPS) is 12.4. The SMILES string of the molecule is CCc1ccccc1CSC[C@H](N)C(=O)I. The lowest BCUT2D eigenvalue weighted by atomic mass is 10.1. The largest absolute Gasteiger partial charge is 0.320 e. The van der Waals surface area contributed by atoms with Crippen LogP contribution in [-0.4, -0.2) is 15.6 Å². The van der Waals surface area contributed by atoms with Gasteiger partial charge in [0.1, 0.15) is 0 Å². The zero-order valence-electron chi connectivity index (χ0n) is 9.28. The molecule has 0 fully saturated rings. The Kier molecular flexibility index (Phi) is 6.38. The van der Waals surface area contributed by atoms with Crippen molar-refractivity contribution in [2.45, 2.75) is 25.1 Å². The number of carbonyl (C=O) groups is 1. The molecular weight excluding hydrogens is 333 g/mol. The second kappa shape index (κ2) is 7.29. The van der Waals surface area contributed by atoms with Crippen LogP contribution >= 0.6 is 34.4 Å². The number of carbonyl (C=O) groups excluding carboxylic acids is 1. The van der Waals surface area contributed by atoms with E-state index < -0.39 is 0 Å². The molecule has 1 aromatic rings. The van der Waals surface area contributed by atoms with Gasteiger partial charge in [0.2, 0.25) is 3.79 Å². The molecule has 16 heavy (non-hydrogen) atoms. The fourth-order valence-corrected chi connectivity index (χ4v) is 2.95. The minimum atomic E-state index is -0.334. The van der Waals surface area contributed by atoms with Crippen LogP contribution in [0.3, 0.4) is 0 Å². The van der Waals surface area contributed by atoms with Crippen molar-refractivity contribution in [1.29, 1.82) is 0 Å². The Morgan fingerprint density at radius 3 is 2.62 bits per heavy atom. The Labute approximate surface area is 115 Å². The van der Waals surface area contributed by atoms with Crippen molar-refractivity contribution < 1.29 is 4.79 Å². The van der Waals surface area contributed by atoms with Gasteiger partial charge in [0.05, 0.1) is 6.04 Å². The third-order valence-electron chi connectivity index (χ3n) is 2.35. The first-order valence-electron chi connectivity index (χ1n) is 5.24. The zero-order valence-corrected chi connectivity index (χ0v) is 12.3. The lowest BCUT2D eigenvalue weighted by molar-refractivity contribution is -0.110. The molecule has 1 rings (SSSR count). The van der Waals surface area contributed by atoms with E-state index in [0.29, 0.717) is 5.75 Å². The summed E-state index contributed by atoms with van der Waals surface area (Å²) in [6.45, 7) is 2.16. The van der Waals surface area contributed by atoms with E-state index in [2.05, 4.69) is 31.2 Å². The molecule has 88 valence electrons. The fraction of sp³-hybridized carbons (Fsp3) is 0.417. The molecule has 0 aromatic heterocycles. The van der Waals surface area contributed by atoms with Gasteiger partial charge in [-0.25, -0.2) is 0 Å². The van der Waals surface area contributed by atoms with Crippen LogP contribution in [0.15, 0.2) is 24.3 Å². The average molecular weight is 349 g/mol. The number of thioether (sulfide) groups is 1. The Morgan fingerprint density at radius 2 is 2.06 bits per heavy atom. The highest BCUT2D eigenvalue weighted by molar-refractivity contribution is 14.1. The van der Waals surface area contributed by atoms with Gasteiger partial charge in [-0.1, -0.05) is 31.2 Å². The Morgan fingerprint density at radius 1 is 1.44 bits per heavy atom. The number of halogens is 1. The van der Waals surface area contributed by atoms with Crippen LogP contribution in [0.1, 0.15) is 18.1 Å². The fourth-order valence-electron chi connectivity index (χ4n) is 1.40. The number of aryl methyl sites for hydroxylation is 1. The van der Waals surface area contributed by atoms with E-state index in [9.17, 15) is 4.79 Å². The molecule has 0 spiro atoms. The molecule has 0 aliphatic rings. The summed E-state index contributed by atoms with van der Waals surface area (Å²) in [5.74, 6) is 1.63. The van der Waals surface area contributed by atoms with Crippen molar-refractivity contribution in [1.82, 2.24) is 0 Å². The number of hydrogen-bond donors (Lipinski definition) is 1. The van der Waals surface area contributed by atoms with Gasteiger partial charge in [0.25, 0.3) is 0 Å². The van der Waals surface area contributed by atoms with Gasteiger partial charge in [-0.05, 0) is 17.5 Å². The Bertz CT molecular complexity index is 357. The van der Waals surface area contributed by atoms with E-state index in [1.807, 2.05) is 0 Å². The maximum Gasteiger partial charge on any atom is 0.209 e. The standard InChI is InChI=1S/C12H16INOS/c1-2-9-5-3-4-6-10(9)7-16-8-11(14)12(13)15/h3-6,11H,2,7-8,14H2,1H3/t11-/m0/s1. The Balaban J connectivity index is 2.45. The van der Waals surface area contributed by atoms with E-state index in [4.69, 9.17) is 5.73 Å². The first-order valence-corrected chi connectivity index (χ1v) is 7.48. The molecule has 0 aliphatic heterocycles. The van der Waals surface area contributed by atoms with Crippen molar-refractivity contribution in [3.8, 4) is 0 Å². The average Bonchev–Trinajstić information content (AvgIpc) is 2.29. The van der Waals surface area contributed by atoms with Crippen molar-refractivity contribution >= 4 is 38.1 Å². The molecule has 1 aromatic carbocycles. The molecule has 0 aliphatic carbocycles. The van der Waals surface area contributed by atoms with Gasteiger partial charge in [0, 0.05) is 34.1 Å². The monoisotopic (exact) mass is 349 g/mol. The summed E-state index contributed by atoms with van der Waals surface area (Å²) in [4.78, 5) is 11.0. The first kappa shape index (κ1) is 14.0. The molecule has 2 N–H and O–H groups in total.